The van der Waals surface area contributed by atoms with Crippen LogP contribution in [-0.2, 0) is 12.3 Å². The molecule has 0 fully saturated rings. The van der Waals surface area contributed by atoms with Crippen molar-refractivity contribution in [3.63, 3.8) is 0 Å². The van der Waals surface area contributed by atoms with E-state index in [0.29, 0.717) is 18.1 Å². The Morgan fingerprint density at radius 1 is 1.20 bits per heavy atom. The van der Waals surface area contributed by atoms with Gasteiger partial charge in [0.1, 0.15) is 5.82 Å². The second-order valence-electron chi connectivity index (χ2n) is 5.20. The Labute approximate surface area is 151 Å². The number of rotatable bonds is 6. The number of nitrogens with one attached hydrogen (secondary N) is 1. The van der Waals surface area contributed by atoms with Crippen LogP contribution in [0.25, 0.3) is 5.78 Å². The largest absolute Gasteiger partial charge is 0.356 e. The second kappa shape index (κ2) is 7.16. The molecule has 0 saturated carbocycles. The molecule has 9 heteroatoms. The molecule has 3 aromatic heterocycles. The molecule has 25 heavy (non-hydrogen) atoms. The highest BCUT2D eigenvalue weighted by atomic mass is 32.2. The van der Waals surface area contributed by atoms with Crippen LogP contribution < -0.4 is 5.32 Å². The number of hydrogen-bond acceptors (Lipinski definition) is 7. The van der Waals surface area contributed by atoms with E-state index in [-0.39, 0.29) is 5.82 Å². The smallest absolute Gasteiger partial charge is 0.233 e. The fraction of sp³-hybridized carbons (Fsp3) is 0.125. The lowest BCUT2D eigenvalue weighted by molar-refractivity contribution is 0.627. The van der Waals surface area contributed by atoms with Gasteiger partial charge in [0.05, 0.1) is 5.69 Å². The number of nitrogens with zero attached hydrogens (tertiary/aromatic N) is 5. The van der Waals surface area contributed by atoms with Gasteiger partial charge in [0, 0.05) is 30.9 Å². The van der Waals surface area contributed by atoms with Crippen LogP contribution in [0.1, 0.15) is 11.3 Å². The summed E-state index contributed by atoms with van der Waals surface area (Å²) in [5.74, 6) is 1.16. The van der Waals surface area contributed by atoms with E-state index < -0.39 is 0 Å². The van der Waals surface area contributed by atoms with Crippen LogP contribution in [0.2, 0.25) is 0 Å². The van der Waals surface area contributed by atoms with Crippen molar-refractivity contribution in [2.24, 2.45) is 0 Å². The van der Waals surface area contributed by atoms with Gasteiger partial charge in [-0.3, -0.25) is 4.40 Å². The van der Waals surface area contributed by atoms with Crippen molar-refractivity contribution in [2.75, 3.05) is 5.32 Å². The number of thioether (sulfide) groups is 1. The third kappa shape index (κ3) is 3.94. The fourth-order valence-electron chi connectivity index (χ4n) is 2.20. The second-order valence-corrected chi connectivity index (χ2v) is 7.40. The molecule has 4 rings (SSSR count). The predicted molar refractivity (Wildman–Crippen MR) is 96.2 cm³/mol. The van der Waals surface area contributed by atoms with E-state index in [2.05, 4.69) is 25.5 Å². The molecule has 126 valence electrons. The van der Waals surface area contributed by atoms with Gasteiger partial charge in [0.2, 0.25) is 10.9 Å². The molecule has 0 saturated heterocycles. The molecule has 0 unspecified atom stereocenters. The van der Waals surface area contributed by atoms with Crippen LogP contribution in [0.3, 0.4) is 0 Å². The summed E-state index contributed by atoms with van der Waals surface area (Å²) in [6.45, 7) is 0.581. The van der Waals surface area contributed by atoms with E-state index in [0.717, 1.165) is 20.7 Å². The molecule has 3 heterocycles. The number of fused-ring (bicyclic) bond motifs is 1. The summed E-state index contributed by atoms with van der Waals surface area (Å²) in [7, 11) is 0. The zero-order valence-corrected chi connectivity index (χ0v) is 14.6. The lowest BCUT2D eigenvalue weighted by Crippen LogP contribution is -1.98. The minimum Gasteiger partial charge on any atom is -0.356 e. The molecule has 0 radical (unpaired) electrons. The number of benzene rings is 1. The Bertz CT molecular complexity index is 949. The van der Waals surface area contributed by atoms with Crippen LogP contribution in [0.15, 0.2) is 53.3 Å². The third-order valence-electron chi connectivity index (χ3n) is 3.39. The van der Waals surface area contributed by atoms with E-state index >= 15 is 0 Å². The molecule has 1 N–H and O–H groups in total. The van der Waals surface area contributed by atoms with Crippen molar-refractivity contribution in [2.45, 2.75) is 16.6 Å². The van der Waals surface area contributed by atoms with Crippen molar-refractivity contribution < 1.29 is 4.39 Å². The van der Waals surface area contributed by atoms with Crippen molar-refractivity contribution in [3.8, 4) is 0 Å². The first kappa shape index (κ1) is 16.0. The number of aromatic nitrogens is 5. The van der Waals surface area contributed by atoms with Crippen molar-refractivity contribution >= 4 is 34.0 Å². The summed E-state index contributed by atoms with van der Waals surface area (Å²) in [5, 5.41) is 12.2. The van der Waals surface area contributed by atoms with Crippen LogP contribution in [-0.4, -0.2) is 24.6 Å². The zero-order valence-electron chi connectivity index (χ0n) is 13.0. The van der Waals surface area contributed by atoms with Crippen LogP contribution in [0.4, 0.5) is 9.52 Å². The summed E-state index contributed by atoms with van der Waals surface area (Å²) in [6, 6.07) is 8.26. The van der Waals surface area contributed by atoms with Gasteiger partial charge in [-0.25, -0.2) is 14.4 Å². The SMILES string of the molecule is Fc1ccc(CNc2nnc(SCc3cn4cccnc4n3)s2)cc1. The summed E-state index contributed by atoms with van der Waals surface area (Å²) in [5.41, 5.74) is 1.93. The van der Waals surface area contributed by atoms with E-state index in [1.807, 2.05) is 22.9 Å². The Morgan fingerprint density at radius 2 is 2.08 bits per heavy atom. The summed E-state index contributed by atoms with van der Waals surface area (Å²) >= 11 is 3.07. The number of anilines is 1. The molecule has 0 atom stereocenters. The maximum absolute atomic E-state index is 12.9. The van der Waals surface area contributed by atoms with E-state index in [4.69, 9.17) is 0 Å². The highest BCUT2D eigenvalue weighted by molar-refractivity contribution is 8.00. The monoisotopic (exact) mass is 372 g/mol. The predicted octanol–water partition coefficient (Wildman–Crippen LogP) is 3.62. The normalized spacial score (nSPS) is 11.1. The van der Waals surface area contributed by atoms with Crippen molar-refractivity contribution in [1.29, 1.82) is 0 Å². The van der Waals surface area contributed by atoms with E-state index in [9.17, 15) is 4.39 Å². The van der Waals surface area contributed by atoms with Crippen LogP contribution >= 0.6 is 23.1 Å². The molecule has 0 aliphatic carbocycles. The Morgan fingerprint density at radius 3 is 2.92 bits per heavy atom. The standard InChI is InChI=1S/C16H13FN6S2/c17-12-4-2-11(3-5-12)8-19-15-21-22-16(25-15)24-10-13-9-23-7-1-6-18-14(23)20-13/h1-7,9H,8,10H2,(H,19,21). The topological polar surface area (TPSA) is 68.0 Å². The first-order valence-corrected chi connectivity index (χ1v) is 9.30. The first-order valence-electron chi connectivity index (χ1n) is 7.49. The number of halogens is 1. The molecule has 0 spiro atoms. The quantitative estimate of drug-likeness (QED) is 0.521. The molecular formula is C16H13FN6S2. The van der Waals surface area contributed by atoms with Crippen molar-refractivity contribution in [3.05, 3.63) is 66.0 Å². The zero-order chi connectivity index (χ0) is 17.1. The lowest BCUT2D eigenvalue weighted by Gasteiger charge is -2.01. The molecular weight excluding hydrogens is 359 g/mol. The summed E-state index contributed by atoms with van der Waals surface area (Å²) < 4.78 is 15.7. The first-order chi connectivity index (χ1) is 12.3. The van der Waals surface area contributed by atoms with Gasteiger partial charge in [-0.05, 0) is 23.8 Å². The lowest BCUT2D eigenvalue weighted by atomic mass is 10.2. The van der Waals surface area contributed by atoms with Gasteiger partial charge in [-0.15, -0.1) is 10.2 Å². The fourth-order valence-corrected chi connectivity index (χ4v) is 3.84. The van der Waals surface area contributed by atoms with Gasteiger partial charge < -0.3 is 5.32 Å². The van der Waals surface area contributed by atoms with E-state index in [1.54, 1.807) is 30.1 Å². The van der Waals surface area contributed by atoms with E-state index in [1.165, 1.54) is 23.5 Å². The Balaban J connectivity index is 1.33. The maximum atomic E-state index is 12.9. The molecule has 0 aliphatic rings. The van der Waals surface area contributed by atoms with Gasteiger partial charge in [-0.2, -0.15) is 0 Å². The molecule has 0 aliphatic heterocycles. The maximum Gasteiger partial charge on any atom is 0.233 e. The van der Waals surface area contributed by atoms with Crippen LogP contribution in [0, 0.1) is 5.82 Å². The van der Waals surface area contributed by atoms with Gasteiger partial charge in [-0.1, -0.05) is 35.2 Å². The highest BCUT2D eigenvalue weighted by Crippen LogP contribution is 2.28. The van der Waals surface area contributed by atoms with Gasteiger partial charge in [0.15, 0.2) is 4.34 Å². The minimum atomic E-state index is -0.236. The summed E-state index contributed by atoms with van der Waals surface area (Å²) in [6.07, 6.45) is 5.61. The number of imidazole rings is 1. The number of hydrogen-bond donors (Lipinski definition) is 1. The average molecular weight is 372 g/mol. The molecule has 0 bridgehead atoms. The minimum absolute atomic E-state index is 0.236. The molecule has 1 aromatic carbocycles. The third-order valence-corrected chi connectivity index (χ3v) is 5.44. The Hall–Kier alpha value is -2.52. The average Bonchev–Trinajstić information content (AvgIpc) is 3.25. The molecule has 4 aromatic rings. The Kier molecular flexibility index (Phi) is 4.57. The molecule has 0 amide bonds. The molecule has 6 nitrogen and oxygen atoms in total. The summed E-state index contributed by atoms with van der Waals surface area (Å²) in [4.78, 5) is 8.66. The van der Waals surface area contributed by atoms with Gasteiger partial charge in [0.25, 0.3) is 0 Å². The highest BCUT2D eigenvalue weighted by Gasteiger charge is 2.07. The van der Waals surface area contributed by atoms with Crippen molar-refractivity contribution in [1.82, 2.24) is 24.6 Å². The van der Waals surface area contributed by atoms with Gasteiger partial charge >= 0.3 is 0 Å². The van der Waals surface area contributed by atoms with Crippen LogP contribution in [0.5, 0.6) is 0 Å².